The van der Waals surface area contributed by atoms with Gasteiger partial charge in [0.15, 0.2) is 0 Å². The van der Waals surface area contributed by atoms with E-state index in [-0.39, 0.29) is 0 Å². The zero-order valence-electron chi connectivity index (χ0n) is 12.3. The van der Waals surface area contributed by atoms with Gasteiger partial charge < -0.3 is 9.84 Å². The highest BCUT2D eigenvalue weighted by molar-refractivity contribution is 9.10. The Kier molecular flexibility index (Phi) is 6.37. The van der Waals surface area contributed by atoms with E-state index in [9.17, 15) is 5.11 Å². The maximum absolute atomic E-state index is 10.5. The largest absolute Gasteiger partial charge is 0.493 e. The van der Waals surface area contributed by atoms with Crippen LogP contribution in [0.1, 0.15) is 63.5 Å². The number of halogens is 1. The van der Waals surface area contributed by atoms with Crippen LogP contribution in [0.2, 0.25) is 0 Å². The Hall–Kier alpha value is -0.540. The monoisotopic (exact) mass is 340 g/mol. The number of aliphatic hydroxyl groups is 1. The molecule has 0 bridgehead atoms. The Morgan fingerprint density at radius 2 is 2.05 bits per heavy atom. The van der Waals surface area contributed by atoms with Gasteiger partial charge in [-0.2, -0.15) is 0 Å². The van der Waals surface area contributed by atoms with Gasteiger partial charge in [0, 0.05) is 10.0 Å². The van der Waals surface area contributed by atoms with Gasteiger partial charge in [0.1, 0.15) is 5.75 Å². The van der Waals surface area contributed by atoms with Gasteiger partial charge >= 0.3 is 0 Å². The summed E-state index contributed by atoms with van der Waals surface area (Å²) in [4.78, 5) is 0. The minimum atomic E-state index is -0.420. The third-order valence-corrected chi connectivity index (χ3v) is 4.70. The van der Waals surface area contributed by atoms with Gasteiger partial charge in [0.25, 0.3) is 0 Å². The van der Waals surface area contributed by atoms with Gasteiger partial charge in [0.2, 0.25) is 0 Å². The molecule has 2 nitrogen and oxygen atoms in total. The van der Waals surface area contributed by atoms with Crippen LogP contribution >= 0.6 is 15.9 Å². The fourth-order valence-corrected chi connectivity index (χ4v) is 3.47. The normalized spacial score (nSPS) is 17.9. The number of rotatable bonds is 6. The predicted molar refractivity (Wildman–Crippen MR) is 86.1 cm³/mol. The van der Waals surface area contributed by atoms with E-state index in [1.165, 1.54) is 32.1 Å². The van der Waals surface area contributed by atoms with Crippen LogP contribution in [0.15, 0.2) is 22.7 Å². The molecule has 0 saturated heterocycles. The summed E-state index contributed by atoms with van der Waals surface area (Å²) in [6.45, 7) is 2.60. The summed E-state index contributed by atoms with van der Waals surface area (Å²) in [7, 11) is 0. The lowest BCUT2D eigenvalue weighted by Gasteiger charge is -2.23. The van der Waals surface area contributed by atoms with E-state index in [1.807, 2.05) is 25.1 Å². The lowest BCUT2D eigenvalue weighted by molar-refractivity contribution is 0.146. The molecule has 0 radical (unpaired) electrons. The number of ether oxygens (including phenoxy) is 1. The van der Waals surface area contributed by atoms with Crippen LogP contribution in [-0.2, 0) is 0 Å². The summed E-state index contributed by atoms with van der Waals surface area (Å²) in [5.74, 6) is 1.62. The van der Waals surface area contributed by atoms with Gasteiger partial charge in [-0.3, -0.25) is 0 Å². The maximum Gasteiger partial charge on any atom is 0.125 e. The lowest BCUT2D eigenvalue weighted by Crippen LogP contribution is -2.09. The van der Waals surface area contributed by atoms with E-state index in [4.69, 9.17) is 4.74 Å². The van der Waals surface area contributed by atoms with Crippen LogP contribution in [0, 0.1) is 5.92 Å². The molecule has 20 heavy (non-hydrogen) atoms. The molecule has 2 rings (SSSR count). The van der Waals surface area contributed by atoms with Crippen LogP contribution < -0.4 is 4.74 Å². The molecular weight excluding hydrogens is 316 g/mol. The van der Waals surface area contributed by atoms with Crippen molar-refractivity contribution in [3.05, 3.63) is 28.2 Å². The van der Waals surface area contributed by atoms with Crippen molar-refractivity contribution in [3.63, 3.8) is 0 Å². The van der Waals surface area contributed by atoms with E-state index in [0.717, 1.165) is 34.5 Å². The van der Waals surface area contributed by atoms with Crippen molar-refractivity contribution in [2.75, 3.05) is 6.61 Å². The van der Waals surface area contributed by atoms with Gasteiger partial charge in [-0.25, -0.2) is 0 Å². The Bertz CT molecular complexity index is 413. The summed E-state index contributed by atoms with van der Waals surface area (Å²) >= 11 is 3.48. The van der Waals surface area contributed by atoms with Gasteiger partial charge in [-0.15, -0.1) is 0 Å². The second-order valence-electron chi connectivity index (χ2n) is 5.71. The summed E-state index contributed by atoms with van der Waals surface area (Å²) in [5, 5.41) is 10.5. The van der Waals surface area contributed by atoms with E-state index in [2.05, 4.69) is 15.9 Å². The minimum absolute atomic E-state index is 0.420. The van der Waals surface area contributed by atoms with Gasteiger partial charge in [0.05, 0.1) is 12.7 Å². The van der Waals surface area contributed by atoms with E-state index in [0.29, 0.717) is 6.61 Å². The van der Waals surface area contributed by atoms with Gasteiger partial charge in [-0.1, -0.05) is 48.0 Å². The zero-order chi connectivity index (χ0) is 14.4. The summed E-state index contributed by atoms with van der Waals surface area (Å²) in [6, 6.07) is 5.88. The van der Waals surface area contributed by atoms with Crippen LogP contribution in [0.4, 0.5) is 0 Å². The van der Waals surface area contributed by atoms with E-state index >= 15 is 0 Å². The molecule has 1 aliphatic carbocycles. The Labute approximate surface area is 130 Å². The van der Waals surface area contributed by atoms with E-state index in [1.54, 1.807) is 0 Å². The average molecular weight is 341 g/mol. The molecule has 0 heterocycles. The smallest absolute Gasteiger partial charge is 0.125 e. The second-order valence-corrected chi connectivity index (χ2v) is 6.63. The molecule has 1 aliphatic rings. The number of benzene rings is 1. The van der Waals surface area contributed by atoms with Gasteiger partial charge in [-0.05, 0) is 43.9 Å². The average Bonchev–Trinajstić information content (AvgIpc) is 2.48. The highest BCUT2D eigenvalue weighted by atomic mass is 79.9. The quantitative estimate of drug-likeness (QED) is 0.766. The molecule has 1 unspecified atom stereocenters. The Morgan fingerprint density at radius 1 is 1.30 bits per heavy atom. The third kappa shape index (κ3) is 4.49. The molecule has 0 amide bonds. The first-order chi connectivity index (χ1) is 9.70. The summed E-state index contributed by atoms with van der Waals surface area (Å²) in [6.07, 6.45) is 8.33. The molecule has 1 aromatic carbocycles. The summed E-state index contributed by atoms with van der Waals surface area (Å²) < 4.78 is 6.62. The molecular formula is C17H25BrO2. The maximum atomic E-state index is 10.5. The highest BCUT2D eigenvalue weighted by Gasteiger charge is 2.18. The van der Waals surface area contributed by atoms with Crippen molar-refractivity contribution in [1.82, 2.24) is 0 Å². The fourth-order valence-electron chi connectivity index (χ4n) is 3.09. The minimum Gasteiger partial charge on any atom is -0.493 e. The lowest BCUT2D eigenvalue weighted by atomic mass is 9.85. The molecule has 1 N–H and O–H groups in total. The third-order valence-electron chi connectivity index (χ3n) is 4.20. The molecule has 0 aliphatic heterocycles. The standard InChI is InChI=1S/C17H25BrO2/c1-2-20-17-11-9-14(18)12-15(17)16(19)10-8-13-6-4-3-5-7-13/h9,11-13,16,19H,2-8,10H2,1H3. The molecule has 0 aromatic heterocycles. The fraction of sp³-hybridized carbons (Fsp3) is 0.647. The number of aliphatic hydroxyl groups excluding tert-OH is 1. The Balaban J connectivity index is 1.96. The van der Waals surface area contributed by atoms with Crippen LogP contribution in [0.5, 0.6) is 5.75 Å². The topological polar surface area (TPSA) is 29.5 Å². The zero-order valence-corrected chi connectivity index (χ0v) is 13.9. The van der Waals surface area contributed by atoms with Crippen molar-refractivity contribution in [3.8, 4) is 5.75 Å². The molecule has 1 fully saturated rings. The van der Waals surface area contributed by atoms with Crippen molar-refractivity contribution in [2.45, 2.75) is 58.0 Å². The molecule has 112 valence electrons. The van der Waals surface area contributed by atoms with Crippen LogP contribution in [0.3, 0.4) is 0 Å². The number of hydrogen-bond donors (Lipinski definition) is 1. The molecule has 1 saturated carbocycles. The second kappa shape index (κ2) is 8.04. The molecule has 1 aromatic rings. The first-order valence-corrected chi connectivity index (χ1v) is 8.60. The highest BCUT2D eigenvalue weighted by Crippen LogP contribution is 2.34. The van der Waals surface area contributed by atoms with Crippen molar-refractivity contribution < 1.29 is 9.84 Å². The molecule has 0 spiro atoms. The summed E-state index contributed by atoms with van der Waals surface area (Å²) in [5.41, 5.74) is 0.914. The van der Waals surface area contributed by atoms with E-state index < -0.39 is 6.10 Å². The van der Waals surface area contributed by atoms with Crippen molar-refractivity contribution in [1.29, 1.82) is 0 Å². The number of hydrogen-bond acceptors (Lipinski definition) is 2. The van der Waals surface area contributed by atoms with Crippen molar-refractivity contribution in [2.24, 2.45) is 5.92 Å². The van der Waals surface area contributed by atoms with Crippen LogP contribution in [-0.4, -0.2) is 11.7 Å². The predicted octanol–water partition coefficient (Wildman–Crippen LogP) is 5.24. The van der Waals surface area contributed by atoms with Crippen LogP contribution in [0.25, 0.3) is 0 Å². The van der Waals surface area contributed by atoms with Crippen molar-refractivity contribution >= 4 is 15.9 Å². The Morgan fingerprint density at radius 3 is 2.75 bits per heavy atom. The first-order valence-electron chi connectivity index (χ1n) is 7.81. The SMILES string of the molecule is CCOc1ccc(Br)cc1C(O)CCC1CCCCC1. The first kappa shape index (κ1) is 15.8. The molecule has 1 atom stereocenters. The molecule has 3 heteroatoms.